The minimum atomic E-state index is -0.809. The van der Waals surface area contributed by atoms with Gasteiger partial charge in [-0.05, 0) is 26.7 Å². The summed E-state index contributed by atoms with van der Waals surface area (Å²) in [5, 5.41) is 2.90. The van der Waals surface area contributed by atoms with E-state index in [1.807, 2.05) is 20.8 Å². The lowest BCUT2D eigenvalue weighted by atomic mass is 9.84. The van der Waals surface area contributed by atoms with Gasteiger partial charge in [0.25, 0.3) is 0 Å². The van der Waals surface area contributed by atoms with E-state index in [0.29, 0.717) is 19.4 Å². The van der Waals surface area contributed by atoms with Gasteiger partial charge >= 0.3 is 0 Å². The third-order valence-electron chi connectivity index (χ3n) is 4.38. The molecule has 1 aromatic heterocycles. The SMILES string of the molecule is CCC1(C)NC(=O)C(C)(CC)N(Cc2cncs2)C1=O. The third-order valence-corrected chi connectivity index (χ3v) is 5.15. The molecule has 6 heteroatoms. The molecular formula is C14H21N3O2S. The van der Waals surface area contributed by atoms with Crippen LogP contribution in [0.1, 0.15) is 45.4 Å². The second kappa shape index (κ2) is 5.16. The van der Waals surface area contributed by atoms with Crippen molar-refractivity contribution in [3.63, 3.8) is 0 Å². The fourth-order valence-electron chi connectivity index (χ4n) is 2.40. The topological polar surface area (TPSA) is 62.3 Å². The summed E-state index contributed by atoms with van der Waals surface area (Å²) in [7, 11) is 0. The van der Waals surface area contributed by atoms with Crippen molar-refractivity contribution in [1.29, 1.82) is 0 Å². The quantitative estimate of drug-likeness (QED) is 0.923. The van der Waals surface area contributed by atoms with Crippen molar-refractivity contribution in [2.75, 3.05) is 0 Å². The Labute approximate surface area is 123 Å². The number of aromatic nitrogens is 1. The van der Waals surface area contributed by atoms with Crippen molar-refractivity contribution in [3.8, 4) is 0 Å². The van der Waals surface area contributed by atoms with E-state index in [1.165, 1.54) is 11.3 Å². The predicted octanol–water partition coefficient (Wildman–Crippen LogP) is 1.94. The highest BCUT2D eigenvalue weighted by molar-refractivity contribution is 7.09. The number of rotatable bonds is 4. The Bertz CT molecular complexity index is 516. The highest BCUT2D eigenvalue weighted by atomic mass is 32.1. The molecule has 20 heavy (non-hydrogen) atoms. The molecule has 1 N–H and O–H groups in total. The van der Waals surface area contributed by atoms with E-state index in [9.17, 15) is 9.59 Å². The van der Waals surface area contributed by atoms with E-state index >= 15 is 0 Å². The van der Waals surface area contributed by atoms with Gasteiger partial charge in [0.05, 0.1) is 12.1 Å². The van der Waals surface area contributed by atoms with Gasteiger partial charge in [0.1, 0.15) is 11.1 Å². The maximum Gasteiger partial charge on any atom is 0.249 e. The minimum absolute atomic E-state index is 0.0163. The Morgan fingerprint density at radius 2 is 2.00 bits per heavy atom. The van der Waals surface area contributed by atoms with Crippen molar-refractivity contribution in [2.45, 2.75) is 58.2 Å². The van der Waals surface area contributed by atoms with E-state index < -0.39 is 11.1 Å². The highest BCUT2D eigenvalue weighted by Crippen LogP contribution is 2.32. The smallest absolute Gasteiger partial charge is 0.249 e. The Hall–Kier alpha value is -1.43. The summed E-state index contributed by atoms with van der Waals surface area (Å²) >= 11 is 1.50. The molecule has 110 valence electrons. The molecule has 2 heterocycles. The van der Waals surface area contributed by atoms with Crippen LogP contribution in [0, 0.1) is 0 Å². The van der Waals surface area contributed by atoms with Crippen LogP contribution in [-0.4, -0.2) is 32.8 Å². The van der Waals surface area contributed by atoms with E-state index in [0.717, 1.165) is 4.88 Å². The van der Waals surface area contributed by atoms with Crippen molar-refractivity contribution >= 4 is 23.2 Å². The normalized spacial score (nSPS) is 30.5. The molecular weight excluding hydrogens is 274 g/mol. The zero-order valence-corrected chi connectivity index (χ0v) is 13.2. The number of piperazine rings is 1. The molecule has 2 rings (SSSR count). The Morgan fingerprint density at radius 1 is 1.30 bits per heavy atom. The van der Waals surface area contributed by atoms with Gasteiger partial charge in [-0.3, -0.25) is 14.6 Å². The Balaban J connectivity index is 2.39. The first-order chi connectivity index (χ1) is 9.37. The van der Waals surface area contributed by atoms with Crippen LogP contribution < -0.4 is 5.32 Å². The first-order valence-electron chi connectivity index (χ1n) is 6.89. The van der Waals surface area contributed by atoms with Crippen molar-refractivity contribution < 1.29 is 9.59 Å². The molecule has 5 nitrogen and oxygen atoms in total. The van der Waals surface area contributed by atoms with Crippen LogP contribution in [0.25, 0.3) is 0 Å². The summed E-state index contributed by atoms with van der Waals surface area (Å²) in [6, 6.07) is 0. The van der Waals surface area contributed by atoms with Crippen LogP contribution in [0.2, 0.25) is 0 Å². The van der Waals surface area contributed by atoms with E-state index in [-0.39, 0.29) is 11.8 Å². The number of amides is 2. The lowest BCUT2D eigenvalue weighted by molar-refractivity contribution is -0.162. The summed E-state index contributed by atoms with van der Waals surface area (Å²) in [5.74, 6) is -0.0918. The number of hydrogen-bond donors (Lipinski definition) is 1. The van der Waals surface area contributed by atoms with Gasteiger partial charge in [0.2, 0.25) is 11.8 Å². The van der Waals surface area contributed by atoms with Gasteiger partial charge in [-0.15, -0.1) is 11.3 Å². The first kappa shape index (κ1) is 15.0. The number of carbonyl (C=O) groups is 2. The van der Waals surface area contributed by atoms with E-state index in [2.05, 4.69) is 10.3 Å². The summed E-state index contributed by atoms with van der Waals surface area (Å²) in [6.45, 7) is 7.91. The molecule has 0 aromatic carbocycles. The van der Waals surface area contributed by atoms with Crippen LogP contribution in [0.15, 0.2) is 11.7 Å². The van der Waals surface area contributed by atoms with Crippen LogP contribution in [0.5, 0.6) is 0 Å². The van der Waals surface area contributed by atoms with Crippen LogP contribution in [0.3, 0.4) is 0 Å². The van der Waals surface area contributed by atoms with Crippen LogP contribution in [-0.2, 0) is 16.1 Å². The molecule has 2 atom stereocenters. The molecule has 1 aliphatic rings. The molecule has 1 saturated heterocycles. The molecule has 2 amide bonds. The molecule has 0 radical (unpaired) electrons. The second-order valence-corrected chi connectivity index (χ2v) is 6.60. The fourth-order valence-corrected chi connectivity index (χ4v) is 2.98. The van der Waals surface area contributed by atoms with Crippen LogP contribution >= 0.6 is 11.3 Å². The van der Waals surface area contributed by atoms with Gasteiger partial charge < -0.3 is 10.2 Å². The molecule has 0 aliphatic carbocycles. The second-order valence-electron chi connectivity index (χ2n) is 5.63. The molecule has 1 fully saturated rings. The molecule has 0 spiro atoms. The molecule has 0 bridgehead atoms. The number of nitrogens with one attached hydrogen (secondary N) is 1. The molecule has 1 aliphatic heterocycles. The number of thiazole rings is 1. The average Bonchev–Trinajstić information content (AvgIpc) is 2.94. The third kappa shape index (κ3) is 2.22. The lowest BCUT2D eigenvalue weighted by Gasteiger charge is -2.49. The van der Waals surface area contributed by atoms with Gasteiger partial charge in [-0.2, -0.15) is 0 Å². The average molecular weight is 295 g/mol. The molecule has 1 aromatic rings. The van der Waals surface area contributed by atoms with Crippen LogP contribution in [0.4, 0.5) is 0 Å². The maximum atomic E-state index is 12.8. The zero-order valence-electron chi connectivity index (χ0n) is 12.4. The summed E-state index contributed by atoms with van der Waals surface area (Å²) in [5.41, 5.74) is 0.137. The Morgan fingerprint density at radius 3 is 2.50 bits per heavy atom. The summed E-state index contributed by atoms with van der Waals surface area (Å²) in [6.07, 6.45) is 2.92. The van der Waals surface area contributed by atoms with Gasteiger partial charge in [0.15, 0.2) is 0 Å². The van der Waals surface area contributed by atoms with Crippen molar-refractivity contribution in [1.82, 2.24) is 15.2 Å². The van der Waals surface area contributed by atoms with E-state index in [4.69, 9.17) is 0 Å². The first-order valence-corrected chi connectivity index (χ1v) is 7.77. The largest absolute Gasteiger partial charge is 0.340 e. The lowest BCUT2D eigenvalue weighted by Crippen LogP contribution is -2.73. The summed E-state index contributed by atoms with van der Waals surface area (Å²) < 4.78 is 0. The standard InChI is InChI=1S/C14H21N3O2S/c1-5-13(3)12(19)17(8-10-7-15-9-20-10)14(4,6-2)11(18)16-13/h7,9H,5-6,8H2,1-4H3,(H,16,18). The minimum Gasteiger partial charge on any atom is -0.340 e. The highest BCUT2D eigenvalue weighted by Gasteiger charge is 2.52. The number of carbonyl (C=O) groups excluding carboxylic acids is 2. The number of nitrogens with zero attached hydrogens (tertiary/aromatic N) is 2. The predicted molar refractivity (Wildman–Crippen MR) is 78.2 cm³/mol. The van der Waals surface area contributed by atoms with Gasteiger partial charge in [-0.1, -0.05) is 13.8 Å². The fraction of sp³-hybridized carbons (Fsp3) is 0.643. The zero-order chi connectivity index (χ0) is 15.0. The molecule has 2 unspecified atom stereocenters. The molecule has 0 saturated carbocycles. The van der Waals surface area contributed by atoms with Gasteiger partial charge in [0, 0.05) is 11.1 Å². The number of hydrogen-bond acceptors (Lipinski definition) is 4. The Kier molecular flexibility index (Phi) is 3.86. The van der Waals surface area contributed by atoms with Crippen molar-refractivity contribution in [3.05, 3.63) is 16.6 Å². The van der Waals surface area contributed by atoms with E-state index in [1.54, 1.807) is 23.5 Å². The monoisotopic (exact) mass is 295 g/mol. The summed E-state index contributed by atoms with van der Waals surface area (Å²) in [4.78, 5) is 32.1. The maximum absolute atomic E-state index is 12.8. The van der Waals surface area contributed by atoms with Gasteiger partial charge in [-0.25, -0.2) is 0 Å². The van der Waals surface area contributed by atoms with Crippen molar-refractivity contribution in [2.24, 2.45) is 0 Å².